The molecule has 0 aliphatic carbocycles. The first-order chi connectivity index (χ1) is 9.12. The molecule has 0 saturated heterocycles. The van der Waals surface area contributed by atoms with Gasteiger partial charge in [-0.25, -0.2) is 4.79 Å². The number of carbonyl (C=O) groups is 1. The van der Waals surface area contributed by atoms with Gasteiger partial charge < -0.3 is 14.9 Å². The van der Waals surface area contributed by atoms with Crippen molar-refractivity contribution in [2.24, 2.45) is 0 Å². The Morgan fingerprint density at radius 3 is 2.68 bits per heavy atom. The smallest absolute Gasteiger partial charge is 0.320 e. The van der Waals surface area contributed by atoms with Crippen molar-refractivity contribution in [1.29, 1.82) is 0 Å². The topological polar surface area (TPSA) is 43.8 Å². The van der Waals surface area contributed by atoms with Crippen LogP contribution in [0.25, 0.3) is 0 Å². The minimum Gasteiger partial charge on any atom is -0.384 e. The zero-order valence-electron chi connectivity index (χ0n) is 11.6. The van der Waals surface area contributed by atoms with Gasteiger partial charge in [0.25, 0.3) is 0 Å². The molecule has 0 saturated carbocycles. The number of rotatable bonds is 4. The maximum atomic E-state index is 12.1. The summed E-state index contributed by atoms with van der Waals surface area (Å²) in [6.45, 7) is 5.83. The molecule has 0 aliphatic rings. The highest BCUT2D eigenvalue weighted by atomic mass is 32.1. The molecule has 0 radical (unpaired) electrons. The lowest BCUT2D eigenvalue weighted by molar-refractivity contribution is 0.165. The fourth-order valence-corrected chi connectivity index (χ4v) is 2.50. The molecule has 19 heavy (non-hydrogen) atoms. The monoisotopic (exact) mass is 280 g/mol. The van der Waals surface area contributed by atoms with Crippen LogP contribution in [-0.2, 0) is 6.54 Å². The van der Waals surface area contributed by atoms with E-state index in [9.17, 15) is 4.79 Å². The van der Waals surface area contributed by atoms with Crippen LogP contribution in [0.5, 0.6) is 0 Å². The second-order valence-electron chi connectivity index (χ2n) is 4.09. The van der Waals surface area contributed by atoms with E-state index < -0.39 is 0 Å². The van der Waals surface area contributed by atoms with Crippen LogP contribution in [0.15, 0.2) is 11.4 Å². The highest BCUT2D eigenvalue weighted by Crippen LogP contribution is 2.15. The summed E-state index contributed by atoms with van der Waals surface area (Å²) in [4.78, 5) is 16.5. The van der Waals surface area contributed by atoms with E-state index in [1.807, 2.05) is 25.3 Å². The molecule has 1 aromatic heterocycles. The van der Waals surface area contributed by atoms with Gasteiger partial charge in [0.15, 0.2) is 0 Å². The van der Waals surface area contributed by atoms with Crippen molar-refractivity contribution >= 4 is 17.4 Å². The molecule has 1 aromatic rings. The first kappa shape index (κ1) is 15.5. The number of urea groups is 1. The minimum atomic E-state index is -0.131. The summed E-state index contributed by atoms with van der Waals surface area (Å²) in [5.74, 6) is 5.48. The van der Waals surface area contributed by atoms with Gasteiger partial charge in [0, 0.05) is 26.7 Å². The summed E-state index contributed by atoms with van der Waals surface area (Å²) in [6.07, 6.45) is 0. The van der Waals surface area contributed by atoms with Gasteiger partial charge in [-0.15, -0.1) is 11.3 Å². The van der Waals surface area contributed by atoms with Crippen LogP contribution in [0.3, 0.4) is 0 Å². The van der Waals surface area contributed by atoms with Gasteiger partial charge in [0.1, 0.15) is 6.61 Å². The van der Waals surface area contributed by atoms with Crippen molar-refractivity contribution < 1.29 is 9.90 Å². The number of thiophene rings is 1. The van der Waals surface area contributed by atoms with E-state index in [0.29, 0.717) is 6.54 Å². The van der Waals surface area contributed by atoms with Crippen molar-refractivity contribution in [3.8, 4) is 11.8 Å². The Morgan fingerprint density at radius 2 is 2.11 bits per heavy atom. The maximum absolute atomic E-state index is 12.1. The lowest BCUT2D eigenvalue weighted by atomic mass is 10.3. The molecule has 104 valence electrons. The average molecular weight is 280 g/mol. The first-order valence-corrected chi connectivity index (χ1v) is 7.17. The summed E-state index contributed by atoms with van der Waals surface area (Å²) in [5.41, 5.74) is 1.07. The molecule has 1 N–H and O–H groups in total. The summed E-state index contributed by atoms with van der Waals surface area (Å²) in [7, 11) is 1.80. The molecule has 0 spiro atoms. The molecule has 4 nitrogen and oxygen atoms in total. The van der Waals surface area contributed by atoms with Crippen molar-refractivity contribution in [2.75, 3.05) is 26.7 Å². The van der Waals surface area contributed by atoms with Crippen LogP contribution in [0.2, 0.25) is 0 Å². The normalized spacial score (nSPS) is 9.68. The summed E-state index contributed by atoms with van der Waals surface area (Å²) >= 11 is 1.53. The molecule has 0 aromatic carbocycles. The summed E-state index contributed by atoms with van der Waals surface area (Å²) in [5, 5.41) is 10.6. The zero-order valence-corrected chi connectivity index (χ0v) is 12.5. The quantitative estimate of drug-likeness (QED) is 0.857. The maximum Gasteiger partial charge on any atom is 0.320 e. The second-order valence-corrected chi connectivity index (χ2v) is 5.00. The number of nitrogens with zero attached hydrogens (tertiary/aromatic N) is 2. The Labute approximate surface area is 118 Å². The van der Waals surface area contributed by atoms with Crippen LogP contribution in [-0.4, -0.2) is 47.7 Å². The van der Waals surface area contributed by atoms with Crippen molar-refractivity contribution in [2.45, 2.75) is 20.4 Å². The zero-order chi connectivity index (χ0) is 14.3. The molecule has 1 rings (SSSR count). The van der Waals surface area contributed by atoms with Crippen LogP contribution in [0.1, 0.15) is 24.3 Å². The van der Waals surface area contributed by atoms with E-state index in [1.165, 1.54) is 11.3 Å². The van der Waals surface area contributed by atoms with Crippen LogP contribution < -0.4 is 0 Å². The van der Waals surface area contributed by atoms with E-state index >= 15 is 0 Å². The fourth-order valence-electron chi connectivity index (χ4n) is 1.73. The van der Waals surface area contributed by atoms with Gasteiger partial charge in [0.2, 0.25) is 0 Å². The van der Waals surface area contributed by atoms with Gasteiger partial charge in [-0.3, -0.25) is 0 Å². The molecular formula is C14H20N2O2S. The number of carbonyl (C=O) groups excluding carboxylic acids is 1. The predicted molar refractivity (Wildman–Crippen MR) is 78.1 cm³/mol. The van der Waals surface area contributed by atoms with Gasteiger partial charge in [0.05, 0.1) is 4.88 Å². The van der Waals surface area contributed by atoms with Gasteiger partial charge in [-0.1, -0.05) is 11.8 Å². The Bertz CT molecular complexity index is 469. The largest absolute Gasteiger partial charge is 0.384 e. The molecule has 0 atom stereocenters. The second kappa shape index (κ2) is 7.82. The third-order valence-electron chi connectivity index (χ3n) is 2.72. The lowest BCUT2D eigenvalue weighted by Crippen LogP contribution is -2.40. The van der Waals surface area contributed by atoms with Gasteiger partial charge >= 0.3 is 6.03 Å². The van der Waals surface area contributed by atoms with E-state index in [-0.39, 0.29) is 12.6 Å². The molecule has 1 heterocycles. The van der Waals surface area contributed by atoms with Crippen molar-refractivity contribution in [1.82, 2.24) is 9.80 Å². The van der Waals surface area contributed by atoms with Crippen molar-refractivity contribution in [3.63, 3.8) is 0 Å². The Hall–Kier alpha value is -1.51. The molecule has 2 amide bonds. The van der Waals surface area contributed by atoms with Gasteiger partial charge in [-0.2, -0.15) is 0 Å². The Balaban J connectivity index is 2.63. The SMILES string of the molecule is CCN(CC)C(=O)N(C)Cc1csc(C#CCO)c1. The molecule has 0 unspecified atom stereocenters. The number of hydrogen-bond donors (Lipinski definition) is 1. The van der Waals surface area contributed by atoms with Crippen LogP contribution in [0.4, 0.5) is 4.79 Å². The number of amides is 2. The number of aliphatic hydroxyl groups is 1. The third-order valence-corrected chi connectivity index (χ3v) is 3.62. The van der Waals surface area contributed by atoms with E-state index in [2.05, 4.69) is 11.8 Å². The fraction of sp³-hybridized carbons (Fsp3) is 0.500. The predicted octanol–water partition coefficient (Wildman–Crippen LogP) is 1.99. The molecule has 0 bridgehead atoms. The summed E-state index contributed by atoms with van der Waals surface area (Å²) < 4.78 is 0. The Morgan fingerprint density at radius 1 is 1.42 bits per heavy atom. The van der Waals surface area contributed by atoms with Crippen LogP contribution in [0, 0.1) is 11.8 Å². The molecule has 0 aliphatic heterocycles. The van der Waals surface area contributed by atoms with E-state index in [1.54, 1.807) is 16.8 Å². The lowest BCUT2D eigenvalue weighted by Gasteiger charge is -2.25. The highest BCUT2D eigenvalue weighted by molar-refractivity contribution is 7.10. The van der Waals surface area contributed by atoms with E-state index in [4.69, 9.17) is 5.11 Å². The third kappa shape index (κ3) is 4.58. The first-order valence-electron chi connectivity index (χ1n) is 6.29. The summed E-state index contributed by atoms with van der Waals surface area (Å²) in [6, 6.07) is 2.00. The standard InChI is InChI=1S/C14H20N2O2S/c1-4-16(5-2)14(18)15(3)10-12-9-13(19-11-12)7-6-8-17/h9,11,17H,4-5,8,10H2,1-3H3. The number of aliphatic hydroxyl groups excluding tert-OH is 1. The highest BCUT2D eigenvalue weighted by Gasteiger charge is 2.15. The van der Waals surface area contributed by atoms with Gasteiger partial charge in [-0.05, 0) is 30.9 Å². The molecule has 5 heteroatoms. The average Bonchev–Trinajstić information content (AvgIpc) is 2.85. The molecule has 0 fully saturated rings. The van der Waals surface area contributed by atoms with E-state index in [0.717, 1.165) is 23.5 Å². The van der Waals surface area contributed by atoms with Crippen molar-refractivity contribution in [3.05, 3.63) is 21.9 Å². The minimum absolute atomic E-state index is 0.0409. The Kier molecular flexibility index (Phi) is 6.40. The van der Waals surface area contributed by atoms with Crippen LogP contribution >= 0.6 is 11.3 Å². The molecular weight excluding hydrogens is 260 g/mol. The number of hydrogen-bond acceptors (Lipinski definition) is 3.